The number of sulfonamides is 1. The number of hydrogen-bond donors (Lipinski definition) is 1. The van der Waals surface area contributed by atoms with E-state index in [4.69, 9.17) is 4.74 Å². The third-order valence-corrected chi connectivity index (χ3v) is 9.41. The normalized spacial score (nSPS) is 24.1. The quantitative estimate of drug-likeness (QED) is 0.694. The second-order valence-electron chi connectivity index (χ2n) is 10.5. The van der Waals surface area contributed by atoms with E-state index in [1.807, 2.05) is 42.5 Å². The third kappa shape index (κ3) is 4.40. The number of halogens is 1. The Morgan fingerprint density at radius 3 is 2.60 bits per heavy atom. The maximum Gasteiger partial charge on any atom is 0.320 e. The van der Waals surface area contributed by atoms with Gasteiger partial charge >= 0.3 is 6.03 Å². The van der Waals surface area contributed by atoms with Crippen molar-refractivity contribution in [2.45, 2.75) is 50.2 Å². The highest BCUT2D eigenvalue weighted by molar-refractivity contribution is 7.90. The summed E-state index contributed by atoms with van der Waals surface area (Å²) in [6.45, 7) is 3.25. The summed E-state index contributed by atoms with van der Waals surface area (Å²) in [6, 6.07) is 14.7. The molecular formula is C26H32FN3O4S. The average Bonchev–Trinajstić information content (AvgIpc) is 3.53. The molecule has 1 aliphatic carbocycles. The standard InChI is InChI=1S/C26H32FN3O4S/c1-25(2,27)35(32,33)28-23-21-16-18-7-6-8-19(15-18)20-9-4-5-10-22(20)34-14-13-29(3)24(31)30(21)17-26(23)11-12-26/h4-10,15,21,23,28H,11-14,16-17H2,1-3H3/t21-,23+/m0/s1. The van der Waals surface area contributed by atoms with Crippen molar-refractivity contribution in [3.8, 4) is 16.9 Å². The molecule has 2 aliphatic heterocycles. The summed E-state index contributed by atoms with van der Waals surface area (Å²) >= 11 is 0. The van der Waals surface area contributed by atoms with E-state index in [1.165, 1.54) is 0 Å². The Morgan fingerprint density at radius 1 is 1.14 bits per heavy atom. The second-order valence-corrected chi connectivity index (χ2v) is 12.7. The minimum Gasteiger partial charge on any atom is -0.491 e. The molecule has 188 valence electrons. The van der Waals surface area contributed by atoms with Crippen LogP contribution in [0.3, 0.4) is 0 Å². The van der Waals surface area contributed by atoms with E-state index in [1.54, 1.807) is 16.8 Å². The molecule has 3 aliphatic rings. The summed E-state index contributed by atoms with van der Waals surface area (Å²) in [7, 11) is -2.52. The van der Waals surface area contributed by atoms with Crippen molar-refractivity contribution in [2.75, 3.05) is 26.7 Å². The van der Waals surface area contributed by atoms with Crippen LogP contribution in [0.25, 0.3) is 11.1 Å². The third-order valence-electron chi connectivity index (χ3n) is 7.57. The minimum absolute atomic E-state index is 0.172. The molecule has 7 nitrogen and oxygen atoms in total. The van der Waals surface area contributed by atoms with Crippen LogP contribution in [0.1, 0.15) is 32.3 Å². The summed E-state index contributed by atoms with van der Waals surface area (Å²) < 4.78 is 49.1. The smallest absolute Gasteiger partial charge is 0.320 e. The molecule has 2 amide bonds. The van der Waals surface area contributed by atoms with Crippen LogP contribution in [-0.2, 0) is 16.4 Å². The van der Waals surface area contributed by atoms with Gasteiger partial charge in [-0.05, 0) is 50.3 Å². The van der Waals surface area contributed by atoms with Gasteiger partial charge in [0.05, 0.1) is 12.6 Å². The first-order valence-electron chi connectivity index (χ1n) is 12.0. The van der Waals surface area contributed by atoms with E-state index in [0.29, 0.717) is 26.1 Å². The number of hydrogen-bond acceptors (Lipinski definition) is 4. The Labute approximate surface area is 206 Å². The fourth-order valence-corrected chi connectivity index (χ4v) is 6.29. The van der Waals surface area contributed by atoms with Crippen molar-refractivity contribution in [3.05, 3.63) is 54.1 Å². The molecule has 1 N–H and O–H groups in total. The molecule has 2 atom stereocenters. The van der Waals surface area contributed by atoms with Gasteiger partial charge in [0.2, 0.25) is 15.0 Å². The van der Waals surface area contributed by atoms with Crippen LogP contribution < -0.4 is 9.46 Å². The largest absolute Gasteiger partial charge is 0.491 e. The van der Waals surface area contributed by atoms with Gasteiger partial charge in [-0.2, -0.15) is 0 Å². The van der Waals surface area contributed by atoms with Gasteiger partial charge in [0.1, 0.15) is 12.4 Å². The van der Waals surface area contributed by atoms with Crippen LogP contribution in [0, 0.1) is 5.41 Å². The molecule has 2 fully saturated rings. The van der Waals surface area contributed by atoms with Crippen molar-refractivity contribution in [2.24, 2.45) is 5.41 Å². The molecule has 1 saturated carbocycles. The van der Waals surface area contributed by atoms with Gasteiger partial charge in [-0.25, -0.2) is 22.3 Å². The van der Waals surface area contributed by atoms with Gasteiger partial charge in [-0.15, -0.1) is 0 Å². The number of ether oxygens (including phenoxy) is 1. The van der Waals surface area contributed by atoms with Crippen molar-refractivity contribution >= 4 is 16.1 Å². The predicted molar refractivity (Wildman–Crippen MR) is 132 cm³/mol. The Balaban J connectivity index is 1.57. The van der Waals surface area contributed by atoms with E-state index >= 15 is 0 Å². The highest BCUT2D eigenvalue weighted by Crippen LogP contribution is 2.56. The monoisotopic (exact) mass is 501 g/mol. The zero-order chi connectivity index (χ0) is 25.0. The summed E-state index contributed by atoms with van der Waals surface area (Å²) in [4.78, 5) is 17.0. The maximum atomic E-state index is 14.6. The fourth-order valence-electron chi connectivity index (χ4n) is 5.27. The van der Waals surface area contributed by atoms with Crippen LogP contribution in [0.4, 0.5) is 9.18 Å². The first-order valence-corrected chi connectivity index (χ1v) is 13.5. The molecule has 2 bridgehead atoms. The number of alkyl halides is 1. The van der Waals surface area contributed by atoms with E-state index in [-0.39, 0.29) is 11.4 Å². The zero-order valence-electron chi connectivity index (χ0n) is 20.3. The summed E-state index contributed by atoms with van der Waals surface area (Å²) in [6.07, 6.45) is 2.05. The Bertz CT molecular complexity index is 1240. The molecule has 2 aromatic rings. The molecule has 9 heteroatoms. The second kappa shape index (κ2) is 8.48. The number of fused-ring (bicyclic) bond motifs is 5. The van der Waals surface area contributed by atoms with E-state index in [9.17, 15) is 17.6 Å². The van der Waals surface area contributed by atoms with Gasteiger partial charge in [-0.3, -0.25) is 0 Å². The Hall–Kier alpha value is -2.65. The minimum atomic E-state index is -4.25. The predicted octanol–water partition coefficient (Wildman–Crippen LogP) is 3.80. The first kappa shape index (κ1) is 24.1. The number of carbonyl (C=O) groups is 1. The Kier molecular flexibility index (Phi) is 5.83. The van der Waals surface area contributed by atoms with Crippen LogP contribution in [0.15, 0.2) is 48.5 Å². The lowest BCUT2D eigenvalue weighted by Gasteiger charge is -2.33. The van der Waals surface area contributed by atoms with Gasteiger partial charge in [-0.1, -0.05) is 42.5 Å². The number of urea groups is 1. The summed E-state index contributed by atoms with van der Waals surface area (Å²) in [5.74, 6) is 0.748. The molecule has 1 saturated heterocycles. The molecule has 2 aromatic carbocycles. The number of amides is 2. The average molecular weight is 502 g/mol. The van der Waals surface area contributed by atoms with Gasteiger partial charge in [0, 0.05) is 30.6 Å². The van der Waals surface area contributed by atoms with Gasteiger partial charge in [0.25, 0.3) is 0 Å². The summed E-state index contributed by atoms with van der Waals surface area (Å²) in [5, 5.41) is -2.43. The van der Waals surface area contributed by atoms with Gasteiger partial charge in [0.15, 0.2) is 0 Å². The highest BCUT2D eigenvalue weighted by Gasteiger charge is 2.62. The van der Waals surface area contributed by atoms with Crippen molar-refractivity contribution in [3.63, 3.8) is 0 Å². The first-order chi connectivity index (χ1) is 16.5. The number of para-hydroxylation sites is 1. The topological polar surface area (TPSA) is 79.0 Å². The van der Waals surface area contributed by atoms with Gasteiger partial charge < -0.3 is 14.5 Å². The van der Waals surface area contributed by atoms with E-state index in [2.05, 4.69) is 10.8 Å². The number of carbonyl (C=O) groups excluding carboxylic acids is 1. The summed E-state index contributed by atoms with van der Waals surface area (Å²) in [5.41, 5.74) is 2.56. The van der Waals surface area contributed by atoms with Crippen LogP contribution >= 0.6 is 0 Å². The van der Waals surface area contributed by atoms with Crippen LogP contribution in [0.2, 0.25) is 0 Å². The van der Waals surface area contributed by atoms with Crippen molar-refractivity contribution in [1.82, 2.24) is 14.5 Å². The van der Waals surface area contributed by atoms with Crippen LogP contribution in [-0.4, -0.2) is 68.1 Å². The lowest BCUT2D eigenvalue weighted by molar-refractivity contribution is 0.146. The van der Waals surface area contributed by atoms with Crippen molar-refractivity contribution in [1.29, 1.82) is 0 Å². The molecule has 0 radical (unpaired) electrons. The number of benzene rings is 2. The molecule has 1 spiro atoms. The van der Waals surface area contributed by atoms with E-state index in [0.717, 1.165) is 49.1 Å². The number of rotatable bonds is 3. The number of likely N-dealkylation sites (N-methyl/N-ethyl adjacent to an activating group) is 1. The molecule has 2 heterocycles. The maximum absolute atomic E-state index is 14.6. The highest BCUT2D eigenvalue weighted by atomic mass is 32.2. The fraction of sp³-hybridized carbons (Fsp3) is 0.500. The van der Waals surface area contributed by atoms with Crippen molar-refractivity contribution < 1.29 is 22.3 Å². The SMILES string of the molecule is CN1CCOc2ccccc2-c2cccc(c2)C[C@H]2[C@@H](NS(=O)(=O)C(C)(C)F)C3(CC3)CN2C1=O. The number of nitrogens with one attached hydrogen (secondary N) is 1. The van der Waals surface area contributed by atoms with E-state index < -0.39 is 27.1 Å². The molecule has 0 unspecified atom stereocenters. The lowest BCUT2D eigenvalue weighted by Crippen LogP contribution is -2.54. The lowest BCUT2D eigenvalue weighted by atomic mass is 9.91. The molecular weight excluding hydrogens is 469 g/mol. The molecule has 0 aromatic heterocycles. The Morgan fingerprint density at radius 2 is 1.89 bits per heavy atom. The van der Waals surface area contributed by atoms with Crippen LogP contribution in [0.5, 0.6) is 5.75 Å². The number of nitrogens with zero attached hydrogens (tertiary/aromatic N) is 2. The molecule has 35 heavy (non-hydrogen) atoms. The zero-order valence-corrected chi connectivity index (χ0v) is 21.1. The molecule has 5 rings (SSSR count).